The molecule has 460 valence electrons. The minimum atomic E-state index is -0.491. The number of allylic oxidation sites excluding steroid dienone is 32. The first kappa shape index (κ1) is 57.6. The smallest absolute Gasteiger partial charge is 0.110 e. The predicted molar refractivity (Wildman–Crippen MR) is 372 cm³/mol. The fraction of sp³-hybridized carbons (Fsp3) is 0.455. The van der Waals surface area contributed by atoms with Gasteiger partial charge in [-0.25, -0.2) is 0 Å². The van der Waals surface area contributed by atoms with E-state index in [9.17, 15) is 0 Å². The van der Waals surface area contributed by atoms with E-state index in [0.29, 0.717) is 0 Å². The van der Waals surface area contributed by atoms with Crippen molar-refractivity contribution in [3.8, 4) is 0 Å². The summed E-state index contributed by atoms with van der Waals surface area (Å²) in [5.74, 6) is 0. The van der Waals surface area contributed by atoms with E-state index in [-0.39, 0.29) is 73.2 Å². The van der Waals surface area contributed by atoms with Crippen LogP contribution in [0.15, 0.2) is 266 Å². The minimum absolute atomic E-state index is 0.0565. The van der Waals surface area contributed by atoms with Gasteiger partial charge in [-0.05, 0) is 195 Å². The van der Waals surface area contributed by atoms with E-state index >= 15 is 0 Å². The van der Waals surface area contributed by atoms with Gasteiger partial charge in [0.05, 0.1) is 0 Å². The van der Waals surface area contributed by atoms with Gasteiger partial charge >= 0.3 is 0 Å². The molecule has 1 aromatic carbocycles. The Morgan fingerprint density at radius 3 is 0.844 bits per heavy atom. The maximum Gasteiger partial charge on any atom is 0.110 e. The monoisotopic (exact) mass is 1180 g/mol. The fourth-order valence-electron chi connectivity index (χ4n) is 20.5. The van der Waals surface area contributed by atoms with E-state index in [0.717, 1.165) is 0 Å². The molecule has 16 aliphatic rings. The van der Waals surface area contributed by atoms with Crippen LogP contribution in [-0.2, 0) is 9.47 Å². The summed E-state index contributed by atoms with van der Waals surface area (Å²) < 4.78 is 16.4. The number of hydrogen-bond acceptors (Lipinski definition) is 2. The Morgan fingerprint density at radius 1 is 0.267 bits per heavy atom. The van der Waals surface area contributed by atoms with E-state index < -0.39 is 16.2 Å². The van der Waals surface area contributed by atoms with E-state index in [4.69, 9.17) is 9.47 Å². The Kier molecular flexibility index (Phi) is 10.5. The average molecular weight is 1190 g/mol. The van der Waals surface area contributed by atoms with Crippen molar-refractivity contribution in [1.82, 2.24) is 0 Å². The van der Waals surface area contributed by atoms with Crippen molar-refractivity contribution >= 4 is 5.57 Å². The highest BCUT2D eigenvalue weighted by Gasteiger charge is 2.74. The van der Waals surface area contributed by atoms with Gasteiger partial charge in [-0.1, -0.05) is 282 Å². The van der Waals surface area contributed by atoms with Gasteiger partial charge in [0.2, 0.25) is 0 Å². The van der Waals surface area contributed by atoms with Crippen LogP contribution >= 0.6 is 0 Å². The topological polar surface area (TPSA) is 18.5 Å². The highest BCUT2D eigenvalue weighted by molar-refractivity contribution is 5.94. The second-order valence-electron chi connectivity index (χ2n) is 37.2. The lowest BCUT2D eigenvalue weighted by Gasteiger charge is -2.63. The van der Waals surface area contributed by atoms with E-state index in [1.165, 1.54) is 156 Å². The third-order valence-corrected chi connectivity index (χ3v) is 26.6. The van der Waals surface area contributed by atoms with Gasteiger partial charge < -0.3 is 9.47 Å². The van der Waals surface area contributed by atoms with Crippen LogP contribution < -0.4 is 0 Å². The molecule has 1 aromatic rings. The molecule has 4 heterocycles. The summed E-state index contributed by atoms with van der Waals surface area (Å²) in [6.45, 7) is 59.3. The highest BCUT2D eigenvalue weighted by atomic mass is 16.5. The molecule has 10 atom stereocenters. The Bertz CT molecular complexity index is 4550. The maximum atomic E-state index is 8.26. The van der Waals surface area contributed by atoms with Crippen molar-refractivity contribution < 1.29 is 9.47 Å². The van der Waals surface area contributed by atoms with Crippen molar-refractivity contribution in [2.24, 2.45) is 65.0 Å². The molecular weight excluding hydrogens is 1090 g/mol. The number of fused-ring (bicyclic) bond motifs is 17. The highest BCUT2D eigenvalue weighted by Crippen LogP contribution is 2.81. The molecule has 3 fully saturated rings. The molecule has 0 amide bonds. The molecule has 2 heteroatoms. The molecule has 0 aromatic heterocycles. The molecule has 0 unspecified atom stereocenters. The van der Waals surface area contributed by atoms with Crippen molar-refractivity contribution in [3.63, 3.8) is 0 Å². The van der Waals surface area contributed by atoms with E-state index in [1.54, 1.807) is 0 Å². The van der Waals surface area contributed by atoms with Crippen LogP contribution in [0.5, 0.6) is 0 Å². The second kappa shape index (κ2) is 16.3. The molecule has 0 spiro atoms. The molecule has 4 aliphatic heterocycles. The third kappa shape index (κ3) is 6.34. The van der Waals surface area contributed by atoms with Crippen molar-refractivity contribution in [2.45, 2.75) is 191 Å². The van der Waals surface area contributed by atoms with Gasteiger partial charge in [-0.3, -0.25) is 0 Å². The van der Waals surface area contributed by atoms with Gasteiger partial charge in [0.25, 0.3) is 0 Å². The van der Waals surface area contributed by atoms with Crippen LogP contribution in [0.4, 0.5) is 0 Å². The molecule has 0 saturated carbocycles. The molecule has 3 saturated heterocycles. The van der Waals surface area contributed by atoms with Gasteiger partial charge in [-0.2, -0.15) is 0 Å². The standard InChI is InChI=1S/C88H96O2/c1-77(2,3)48-32-46-30-31-47-33-49(78(4,5)6)38-58-66-65(57(37-48)83(46,19)84(47,58)20)73-69-61-41-52(81(13,14)15)43-63-71-72(64-44-53(82(16,17)18)42-62(70(69)74(66)89-73)88(64,24)87(61,63)23)76-68-60-40-51(80(10,11)12)36-56-55(45-28-26-25-27-29-45)35-54-34-50(79(7,8)9)39-59(67(68)75(71)90-76)85(54,21)86(56,60)22/h25-44,73-76H,1-24H3/t73-,74+,75+,76-,83+,84+,85-,86-,87+,88+/m0/s1. The van der Waals surface area contributed by atoms with Gasteiger partial charge in [0, 0.05) is 32.5 Å². The molecule has 4 bridgehead atoms. The third-order valence-electron chi connectivity index (χ3n) is 26.6. The molecule has 2 nitrogen and oxygen atoms in total. The summed E-state index contributed by atoms with van der Waals surface area (Å²) in [6, 6.07) is 11.3. The van der Waals surface area contributed by atoms with Gasteiger partial charge in [0.15, 0.2) is 0 Å². The zero-order valence-electron chi connectivity index (χ0n) is 58.7. The molecule has 0 N–H and O–H groups in total. The minimum Gasteiger partial charge on any atom is -0.356 e. The van der Waals surface area contributed by atoms with Crippen LogP contribution in [0.3, 0.4) is 0 Å². The molecule has 0 radical (unpaired) electrons. The zero-order chi connectivity index (χ0) is 64.0. The first-order valence-corrected chi connectivity index (χ1v) is 34.3. The van der Waals surface area contributed by atoms with Crippen LogP contribution in [0.1, 0.15) is 172 Å². The molecule has 12 aliphatic carbocycles. The largest absolute Gasteiger partial charge is 0.356 e. The first-order valence-electron chi connectivity index (χ1n) is 34.3. The number of benzene rings is 1. The van der Waals surface area contributed by atoms with Crippen LogP contribution in [0.25, 0.3) is 5.57 Å². The van der Waals surface area contributed by atoms with Crippen LogP contribution in [0.2, 0.25) is 0 Å². The summed E-state index contributed by atoms with van der Waals surface area (Å²) >= 11 is 0. The summed E-state index contributed by atoms with van der Waals surface area (Å²) in [6.07, 6.45) is 38.3. The van der Waals surface area contributed by atoms with E-state index in [2.05, 4.69) is 288 Å². The molecule has 90 heavy (non-hydrogen) atoms. The maximum absolute atomic E-state index is 8.26. The Hall–Kier alpha value is -6.32. The van der Waals surface area contributed by atoms with Gasteiger partial charge in [0.1, 0.15) is 24.4 Å². The van der Waals surface area contributed by atoms with Gasteiger partial charge in [-0.15, -0.1) is 0 Å². The Labute approximate surface area is 539 Å². The van der Waals surface area contributed by atoms with E-state index in [1.807, 2.05) is 0 Å². The first-order chi connectivity index (χ1) is 41.7. The SMILES string of the molecule is CC(C)(C)C1=CC2=C3C(=C4C=C(C(C)(C)C)C=C5C(c6ccccc6)=CC(=C1)[C@]2(C)[C@@]54C)[C@@H]1O[C@H]3C2=C1C1=CC(C(C)(C)C)=CC3=C4C(=C5C=C(C(C)(C)C)C=C2[C@]5(C)[C@@]13C)[C@H]1O[C@@H]4C2=C3C=C(C(C)(C)C)C=C4C=CC5=CC(C(C)(C)C)=CC(=C21)[C@]5(C)[C@]43C. The van der Waals surface area contributed by atoms with Crippen molar-refractivity contribution in [3.05, 3.63) is 272 Å². The number of ether oxygens (including phenoxy) is 2. The lowest BCUT2D eigenvalue weighted by molar-refractivity contribution is 0.131. The Balaban J connectivity index is 0.997. The fourth-order valence-corrected chi connectivity index (χ4v) is 20.5. The number of hydrogen-bond donors (Lipinski definition) is 0. The lowest BCUT2D eigenvalue weighted by Crippen LogP contribution is -2.55. The molecular formula is C88H96O2. The quantitative estimate of drug-likeness (QED) is 0.279. The zero-order valence-corrected chi connectivity index (χ0v) is 58.7. The lowest BCUT2D eigenvalue weighted by atomic mass is 9.38. The number of rotatable bonds is 1. The average Bonchev–Trinajstić information content (AvgIpc) is 1.29. The molecule has 17 rings (SSSR count). The summed E-state index contributed by atoms with van der Waals surface area (Å²) in [5, 5.41) is 0. The Morgan fingerprint density at radius 2 is 0.522 bits per heavy atom. The summed E-state index contributed by atoms with van der Waals surface area (Å²) in [7, 11) is 0. The van der Waals surface area contributed by atoms with Crippen LogP contribution in [-0.4, -0.2) is 24.4 Å². The second-order valence-corrected chi connectivity index (χ2v) is 37.2. The summed E-state index contributed by atoms with van der Waals surface area (Å²) in [5.41, 5.74) is 36.6. The normalized spacial score (nSPS) is 36.2. The summed E-state index contributed by atoms with van der Waals surface area (Å²) in [4.78, 5) is 0. The van der Waals surface area contributed by atoms with Crippen molar-refractivity contribution in [2.75, 3.05) is 0 Å². The van der Waals surface area contributed by atoms with Crippen LogP contribution in [0, 0.1) is 65.0 Å². The predicted octanol–water partition coefficient (Wildman–Crippen LogP) is 21.9. The van der Waals surface area contributed by atoms with Crippen molar-refractivity contribution in [1.29, 1.82) is 0 Å².